The van der Waals surface area contributed by atoms with Gasteiger partial charge in [0.25, 0.3) is 0 Å². The van der Waals surface area contributed by atoms with Crippen molar-refractivity contribution in [2.24, 2.45) is 0 Å². The smallest absolute Gasteiger partial charge is 0.331 e. The zero-order valence-electron chi connectivity index (χ0n) is 13.1. The van der Waals surface area contributed by atoms with E-state index in [0.29, 0.717) is 35.7 Å². The van der Waals surface area contributed by atoms with Crippen LogP contribution in [0.15, 0.2) is 18.2 Å². The Labute approximate surface area is 139 Å². The van der Waals surface area contributed by atoms with Gasteiger partial charge in [0.05, 0.1) is 26.7 Å². The number of esters is 1. The largest absolute Gasteiger partial charge is 0.496 e. The summed E-state index contributed by atoms with van der Waals surface area (Å²) in [6, 6.07) is 4.06. The summed E-state index contributed by atoms with van der Waals surface area (Å²) in [6.45, 7) is 0.401. The van der Waals surface area contributed by atoms with Gasteiger partial charge in [-0.2, -0.15) is 0 Å². The number of likely N-dealkylation sites (tertiary alicyclic amines) is 1. The van der Waals surface area contributed by atoms with Crippen molar-refractivity contribution in [2.75, 3.05) is 20.8 Å². The van der Waals surface area contributed by atoms with E-state index in [0.717, 1.165) is 0 Å². The van der Waals surface area contributed by atoms with Crippen LogP contribution in [-0.2, 0) is 20.7 Å². The average Bonchev–Trinajstić information content (AvgIpc) is 2.54. The van der Waals surface area contributed by atoms with E-state index in [9.17, 15) is 14.7 Å². The number of aliphatic hydroxyl groups is 1. The van der Waals surface area contributed by atoms with Gasteiger partial charge in [0.1, 0.15) is 5.75 Å². The Morgan fingerprint density at radius 3 is 2.78 bits per heavy atom. The fraction of sp³-hybridized carbons (Fsp3) is 0.500. The predicted octanol–water partition coefficient (Wildman–Crippen LogP) is 1.42. The monoisotopic (exact) mass is 341 g/mol. The SMILES string of the molecule is COC(=O)C1C(O)CCCN1C(=O)Cc1cc(Cl)ccc1OC. The first kappa shape index (κ1) is 17.6. The number of nitrogens with zero attached hydrogens (tertiary/aromatic N) is 1. The number of carbonyl (C=O) groups excluding carboxylic acids is 2. The van der Waals surface area contributed by atoms with Gasteiger partial charge in [-0.15, -0.1) is 0 Å². The molecule has 0 radical (unpaired) electrons. The molecule has 1 fully saturated rings. The van der Waals surface area contributed by atoms with Crippen LogP contribution >= 0.6 is 11.6 Å². The number of hydrogen-bond acceptors (Lipinski definition) is 5. The molecule has 1 saturated heterocycles. The van der Waals surface area contributed by atoms with Gasteiger partial charge in [-0.1, -0.05) is 11.6 Å². The first-order valence-corrected chi connectivity index (χ1v) is 7.73. The quantitative estimate of drug-likeness (QED) is 0.838. The van der Waals surface area contributed by atoms with E-state index in [2.05, 4.69) is 0 Å². The van der Waals surface area contributed by atoms with Gasteiger partial charge in [0.15, 0.2) is 6.04 Å². The van der Waals surface area contributed by atoms with Gasteiger partial charge < -0.3 is 19.5 Å². The molecule has 0 aliphatic carbocycles. The summed E-state index contributed by atoms with van der Waals surface area (Å²) < 4.78 is 9.95. The van der Waals surface area contributed by atoms with E-state index in [1.54, 1.807) is 18.2 Å². The Balaban J connectivity index is 2.21. The van der Waals surface area contributed by atoms with Crippen molar-refractivity contribution in [3.63, 3.8) is 0 Å². The van der Waals surface area contributed by atoms with Gasteiger partial charge in [0.2, 0.25) is 5.91 Å². The molecular weight excluding hydrogens is 322 g/mol. The second-order valence-corrected chi connectivity index (χ2v) is 5.83. The standard InChI is InChI=1S/C16H20ClNO5/c1-22-13-6-5-11(17)8-10(13)9-14(20)18-7-3-4-12(19)15(18)16(21)23-2/h5-6,8,12,15,19H,3-4,7,9H2,1-2H3. The zero-order chi connectivity index (χ0) is 17.0. The topological polar surface area (TPSA) is 76.1 Å². The summed E-state index contributed by atoms with van der Waals surface area (Å²) in [4.78, 5) is 25.9. The number of piperidine rings is 1. The van der Waals surface area contributed by atoms with Crippen molar-refractivity contribution >= 4 is 23.5 Å². The van der Waals surface area contributed by atoms with E-state index in [-0.39, 0.29) is 12.3 Å². The van der Waals surface area contributed by atoms with Gasteiger partial charge in [-0.3, -0.25) is 4.79 Å². The number of amides is 1. The molecule has 2 unspecified atom stereocenters. The third-order valence-electron chi connectivity index (χ3n) is 3.95. The van der Waals surface area contributed by atoms with E-state index in [4.69, 9.17) is 21.1 Å². The number of halogens is 1. The zero-order valence-corrected chi connectivity index (χ0v) is 13.9. The van der Waals surface area contributed by atoms with Crippen molar-refractivity contribution in [1.29, 1.82) is 0 Å². The summed E-state index contributed by atoms with van der Waals surface area (Å²) in [6.07, 6.45) is 0.211. The molecule has 23 heavy (non-hydrogen) atoms. The van der Waals surface area contributed by atoms with E-state index in [1.165, 1.54) is 19.1 Å². The van der Waals surface area contributed by atoms with Gasteiger partial charge in [0, 0.05) is 17.1 Å². The second-order valence-electron chi connectivity index (χ2n) is 5.40. The third kappa shape index (κ3) is 3.95. The number of ether oxygens (including phenoxy) is 2. The van der Waals surface area contributed by atoms with Crippen molar-refractivity contribution in [3.8, 4) is 5.75 Å². The second kappa shape index (κ2) is 7.66. The minimum atomic E-state index is -0.966. The van der Waals surface area contributed by atoms with E-state index in [1.807, 2.05) is 0 Å². The molecule has 1 aliphatic rings. The number of hydrogen-bond donors (Lipinski definition) is 1. The maximum Gasteiger partial charge on any atom is 0.331 e. The molecule has 1 aromatic rings. The maximum atomic E-state index is 12.6. The van der Waals surface area contributed by atoms with E-state index >= 15 is 0 Å². The fourth-order valence-electron chi connectivity index (χ4n) is 2.81. The van der Waals surface area contributed by atoms with Crippen LogP contribution in [0.2, 0.25) is 5.02 Å². The highest BCUT2D eigenvalue weighted by molar-refractivity contribution is 6.30. The molecule has 0 spiro atoms. The van der Waals surface area contributed by atoms with Crippen LogP contribution in [0.4, 0.5) is 0 Å². The fourth-order valence-corrected chi connectivity index (χ4v) is 3.00. The van der Waals surface area contributed by atoms with Crippen LogP contribution in [0, 0.1) is 0 Å². The van der Waals surface area contributed by atoms with Crippen LogP contribution < -0.4 is 4.74 Å². The summed E-state index contributed by atoms with van der Waals surface area (Å²) in [5, 5.41) is 10.6. The van der Waals surface area contributed by atoms with Gasteiger partial charge in [-0.25, -0.2) is 4.79 Å². The number of rotatable bonds is 4. The summed E-state index contributed by atoms with van der Waals surface area (Å²) in [5.74, 6) is -0.335. The van der Waals surface area contributed by atoms with E-state index < -0.39 is 18.1 Å². The number of aliphatic hydroxyl groups excluding tert-OH is 1. The molecule has 0 bridgehead atoms. The molecule has 2 atom stereocenters. The van der Waals surface area contributed by atoms with Crippen molar-refractivity contribution in [3.05, 3.63) is 28.8 Å². The summed E-state index contributed by atoms with van der Waals surface area (Å²) in [7, 11) is 2.76. The summed E-state index contributed by atoms with van der Waals surface area (Å²) >= 11 is 5.97. The molecule has 6 nitrogen and oxygen atoms in total. The summed E-state index contributed by atoms with van der Waals surface area (Å²) in [5.41, 5.74) is 0.633. The highest BCUT2D eigenvalue weighted by Gasteiger charge is 2.39. The first-order chi connectivity index (χ1) is 11.0. The molecule has 1 aliphatic heterocycles. The van der Waals surface area contributed by atoms with Crippen molar-refractivity contribution in [1.82, 2.24) is 4.90 Å². The van der Waals surface area contributed by atoms with Crippen LogP contribution in [-0.4, -0.2) is 54.8 Å². The third-order valence-corrected chi connectivity index (χ3v) is 4.18. The molecule has 0 saturated carbocycles. The number of methoxy groups -OCH3 is 2. The molecule has 7 heteroatoms. The lowest BCUT2D eigenvalue weighted by atomic mass is 9.97. The van der Waals surface area contributed by atoms with Crippen LogP contribution in [0.3, 0.4) is 0 Å². The highest BCUT2D eigenvalue weighted by atomic mass is 35.5. The first-order valence-electron chi connectivity index (χ1n) is 7.35. The lowest BCUT2D eigenvalue weighted by Crippen LogP contribution is -2.55. The average molecular weight is 342 g/mol. The molecule has 2 rings (SSSR count). The normalized spacial score (nSPS) is 21.0. The molecular formula is C16H20ClNO5. The van der Waals surface area contributed by atoms with Crippen molar-refractivity contribution < 1.29 is 24.2 Å². The number of benzene rings is 1. The lowest BCUT2D eigenvalue weighted by Gasteiger charge is -2.37. The van der Waals surface area contributed by atoms with Gasteiger partial charge in [-0.05, 0) is 31.0 Å². The predicted molar refractivity (Wildman–Crippen MR) is 84.5 cm³/mol. The van der Waals surface area contributed by atoms with Crippen LogP contribution in [0.1, 0.15) is 18.4 Å². The Morgan fingerprint density at radius 1 is 1.39 bits per heavy atom. The molecule has 1 heterocycles. The minimum Gasteiger partial charge on any atom is -0.496 e. The van der Waals surface area contributed by atoms with Crippen LogP contribution in [0.25, 0.3) is 0 Å². The molecule has 1 aromatic carbocycles. The highest BCUT2D eigenvalue weighted by Crippen LogP contribution is 2.25. The van der Waals surface area contributed by atoms with Crippen LogP contribution in [0.5, 0.6) is 5.75 Å². The minimum absolute atomic E-state index is 0.0317. The molecule has 1 amide bonds. The number of carbonyl (C=O) groups is 2. The Hall–Kier alpha value is -1.79. The molecule has 0 aromatic heterocycles. The maximum absolute atomic E-state index is 12.6. The Morgan fingerprint density at radius 2 is 2.13 bits per heavy atom. The Bertz CT molecular complexity index is 592. The lowest BCUT2D eigenvalue weighted by molar-refractivity contribution is -0.160. The molecule has 1 N–H and O–H groups in total. The Kier molecular flexibility index (Phi) is 5.85. The van der Waals surface area contributed by atoms with Crippen molar-refractivity contribution in [2.45, 2.75) is 31.4 Å². The van der Waals surface area contributed by atoms with Gasteiger partial charge >= 0.3 is 5.97 Å². The molecule has 126 valence electrons.